The van der Waals surface area contributed by atoms with E-state index in [1.165, 1.54) is 19.3 Å². The summed E-state index contributed by atoms with van der Waals surface area (Å²) in [6.45, 7) is 19.5. The van der Waals surface area contributed by atoms with Crippen LogP contribution in [0, 0.1) is 17.3 Å². The van der Waals surface area contributed by atoms with E-state index in [0.717, 1.165) is 31.5 Å². The van der Waals surface area contributed by atoms with Crippen LogP contribution in [0.15, 0.2) is 0 Å². The molecule has 0 bridgehead atoms. The largest absolute Gasteiger partial charge is 0.365 e. The maximum Gasteiger partial charge on any atom is 0.290 e. The van der Waals surface area contributed by atoms with E-state index in [1.807, 2.05) is 0 Å². The van der Waals surface area contributed by atoms with Crippen LogP contribution in [0.4, 0.5) is 0 Å². The van der Waals surface area contributed by atoms with Crippen molar-refractivity contribution < 1.29 is 0 Å². The number of hydrogen-bond acceptors (Lipinski definition) is 3. The summed E-state index contributed by atoms with van der Waals surface area (Å²) >= 11 is 0. The fraction of sp³-hybridized carbons (Fsp3) is 1.00. The minimum Gasteiger partial charge on any atom is -0.365 e. The quantitative estimate of drug-likeness (QED) is 0.606. The van der Waals surface area contributed by atoms with Crippen molar-refractivity contribution in [1.29, 1.82) is 0 Å². The lowest BCUT2D eigenvalue weighted by molar-refractivity contribution is 0.287. The van der Waals surface area contributed by atoms with Crippen molar-refractivity contribution in [1.82, 2.24) is 14.2 Å². The number of rotatable bonds is 9. The van der Waals surface area contributed by atoms with Gasteiger partial charge in [-0.2, -0.15) is 0 Å². The zero-order chi connectivity index (χ0) is 16.8. The zero-order valence-corrected chi connectivity index (χ0v) is 16.0. The molecule has 1 fully saturated rings. The molecule has 0 amide bonds. The van der Waals surface area contributed by atoms with Gasteiger partial charge in [-0.05, 0) is 43.3 Å². The van der Waals surface area contributed by atoms with Gasteiger partial charge in [0.2, 0.25) is 0 Å². The Bertz CT molecular complexity index is 295. The molecular weight excluding hydrogens is 267 g/mol. The molecule has 22 heavy (non-hydrogen) atoms. The van der Waals surface area contributed by atoms with E-state index in [2.05, 4.69) is 85.3 Å². The predicted octanol–water partition coefficient (Wildman–Crippen LogP) is 3.04. The van der Waals surface area contributed by atoms with Crippen LogP contribution in [0.3, 0.4) is 0 Å². The maximum absolute atomic E-state index is 2.38. The second-order valence-corrected chi connectivity index (χ2v) is 7.96. The first kappa shape index (κ1) is 20.1. The normalized spacial score (nSPS) is 20.9. The summed E-state index contributed by atoms with van der Waals surface area (Å²) in [4.78, 5) is 0. The molecule has 3 radical (unpaired) electrons. The molecule has 2 atom stereocenters. The lowest BCUT2D eigenvalue weighted by Crippen LogP contribution is -2.63. The Morgan fingerprint density at radius 1 is 0.773 bits per heavy atom. The van der Waals surface area contributed by atoms with Gasteiger partial charge in [-0.25, -0.2) is 0 Å². The van der Waals surface area contributed by atoms with E-state index in [-0.39, 0.29) is 0 Å². The third kappa shape index (κ3) is 7.10. The second-order valence-electron chi connectivity index (χ2n) is 7.96. The van der Waals surface area contributed by atoms with Gasteiger partial charge in [0.05, 0.1) is 0 Å². The molecule has 1 rings (SSSR count). The Kier molecular flexibility index (Phi) is 8.59. The van der Waals surface area contributed by atoms with Crippen LogP contribution in [0.5, 0.6) is 0 Å². The Morgan fingerprint density at radius 3 is 1.55 bits per heavy atom. The van der Waals surface area contributed by atoms with Crippen molar-refractivity contribution in [2.45, 2.75) is 67.7 Å². The van der Waals surface area contributed by atoms with E-state index in [1.54, 1.807) is 0 Å². The molecule has 123 valence electrons. The molecule has 6 heteroatoms. The molecule has 1 saturated heterocycles. The van der Waals surface area contributed by atoms with Gasteiger partial charge in [0.15, 0.2) is 0 Å². The monoisotopic (exact) mass is 302 g/mol. The summed E-state index contributed by atoms with van der Waals surface area (Å²) in [5.74, 6) is 1.44. The van der Waals surface area contributed by atoms with Gasteiger partial charge >= 0.3 is 0 Å². The van der Waals surface area contributed by atoms with E-state index < -0.39 is 0 Å². The Labute approximate surface area is 142 Å². The highest BCUT2D eigenvalue weighted by atomic mass is 15.3. The van der Waals surface area contributed by atoms with Gasteiger partial charge in [-0.3, -0.25) is 0 Å². The molecule has 0 aliphatic carbocycles. The molecule has 1 aliphatic heterocycles. The first-order valence-corrected chi connectivity index (χ1v) is 9.11. The lowest BCUT2D eigenvalue weighted by atomic mass is 9.70. The highest BCUT2D eigenvalue weighted by Gasteiger charge is 2.32. The predicted molar refractivity (Wildman–Crippen MR) is 100 cm³/mol. The molecule has 0 saturated carbocycles. The van der Waals surface area contributed by atoms with Crippen LogP contribution in [-0.4, -0.2) is 56.4 Å². The van der Waals surface area contributed by atoms with Gasteiger partial charge in [-0.15, -0.1) is 0 Å². The highest BCUT2D eigenvalue weighted by Crippen LogP contribution is 2.22. The average molecular weight is 302 g/mol. The zero-order valence-electron chi connectivity index (χ0n) is 16.0. The molecular formula is C16H35B3N3. The van der Waals surface area contributed by atoms with Gasteiger partial charge in [0, 0.05) is 0 Å². The minimum atomic E-state index is 0.342. The maximum atomic E-state index is 2.38. The van der Waals surface area contributed by atoms with Crippen molar-refractivity contribution in [2.75, 3.05) is 19.6 Å². The van der Waals surface area contributed by atoms with Crippen molar-refractivity contribution in [2.24, 2.45) is 17.3 Å². The van der Waals surface area contributed by atoms with Crippen molar-refractivity contribution >= 4 is 22.6 Å². The molecule has 2 unspecified atom stereocenters. The summed E-state index contributed by atoms with van der Waals surface area (Å²) in [5, 5.41) is 0. The van der Waals surface area contributed by atoms with Crippen molar-refractivity contribution in [3.63, 3.8) is 0 Å². The van der Waals surface area contributed by atoms with Crippen molar-refractivity contribution in [3.8, 4) is 0 Å². The third-order valence-electron chi connectivity index (χ3n) is 4.90. The first-order valence-electron chi connectivity index (χ1n) is 9.11. The standard InChI is InChI=1S/C16H35B3N3/c1-8-14(4)11-20-17-21(12-15(5)9-2)19-22(18-20)13-16(6,7)10-3/h14-15H,8-13H2,1-7H3. The topological polar surface area (TPSA) is 9.72 Å². The fourth-order valence-corrected chi connectivity index (χ4v) is 2.52. The van der Waals surface area contributed by atoms with Crippen LogP contribution in [0.25, 0.3) is 0 Å². The molecule has 0 aromatic carbocycles. The molecule has 0 N–H and O–H groups in total. The molecule has 0 aromatic heterocycles. The van der Waals surface area contributed by atoms with E-state index in [9.17, 15) is 0 Å². The second kappa shape index (κ2) is 9.39. The average Bonchev–Trinajstić information content (AvgIpc) is 2.46. The summed E-state index contributed by atoms with van der Waals surface area (Å²) < 4.78 is 7.14. The van der Waals surface area contributed by atoms with E-state index in [0.29, 0.717) is 5.41 Å². The minimum absolute atomic E-state index is 0.342. The molecule has 3 nitrogen and oxygen atoms in total. The molecule has 0 aromatic rings. The van der Waals surface area contributed by atoms with Gasteiger partial charge < -0.3 is 14.2 Å². The number of nitrogens with zero attached hydrogens (tertiary/aromatic N) is 3. The van der Waals surface area contributed by atoms with Crippen LogP contribution in [0.2, 0.25) is 0 Å². The van der Waals surface area contributed by atoms with Gasteiger partial charge in [0.25, 0.3) is 22.6 Å². The first-order chi connectivity index (χ1) is 10.3. The number of hydrogen-bond donors (Lipinski definition) is 0. The molecule has 1 aliphatic rings. The van der Waals surface area contributed by atoms with E-state index >= 15 is 0 Å². The van der Waals surface area contributed by atoms with Gasteiger partial charge in [-0.1, -0.05) is 61.3 Å². The summed E-state index contributed by atoms with van der Waals surface area (Å²) in [6, 6.07) is 0. The summed E-state index contributed by atoms with van der Waals surface area (Å²) in [6.07, 6.45) is 3.66. The highest BCUT2D eigenvalue weighted by molar-refractivity contribution is 6.64. The SMILES string of the molecule is CCC(C)CN1[B]N(CC(C)CC)[B]N(CC(C)(C)CC)[B]1. The molecule has 0 spiro atoms. The van der Waals surface area contributed by atoms with Crippen molar-refractivity contribution in [3.05, 3.63) is 0 Å². The summed E-state index contributed by atoms with van der Waals surface area (Å²) in [7, 11) is 6.86. The van der Waals surface area contributed by atoms with Crippen LogP contribution >= 0.6 is 0 Å². The van der Waals surface area contributed by atoms with E-state index in [4.69, 9.17) is 0 Å². The Hall–Kier alpha value is 0.0748. The lowest BCUT2D eigenvalue weighted by Gasteiger charge is -2.44. The Morgan fingerprint density at radius 2 is 1.18 bits per heavy atom. The fourth-order valence-electron chi connectivity index (χ4n) is 2.52. The van der Waals surface area contributed by atoms with Gasteiger partial charge in [0.1, 0.15) is 0 Å². The smallest absolute Gasteiger partial charge is 0.290 e. The van der Waals surface area contributed by atoms with Crippen LogP contribution < -0.4 is 0 Å². The van der Waals surface area contributed by atoms with Crippen LogP contribution in [0.1, 0.15) is 67.7 Å². The summed E-state index contributed by atoms with van der Waals surface area (Å²) in [5.41, 5.74) is 0.342. The molecule has 1 heterocycles. The Balaban J connectivity index is 2.67. The van der Waals surface area contributed by atoms with Crippen LogP contribution in [-0.2, 0) is 0 Å². The third-order valence-corrected chi connectivity index (χ3v) is 4.90.